The molecule has 0 radical (unpaired) electrons. The second-order valence-corrected chi connectivity index (χ2v) is 8.60. The molecule has 38 heavy (non-hydrogen) atoms. The Morgan fingerprint density at radius 3 is 2.71 bits per heavy atom. The van der Waals surface area contributed by atoms with Gasteiger partial charge in [0.1, 0.15) is 24.0 Å². The topological polar surface area (TPSA) is 129 Å². The lowest BCUT2D eigenvalue weighted by molar-refractivity contribution is -0.126. The van der Waals surface area contributed by atoms with Gasteiger partial charge in [-0.25, -0.2) is 13.8 Å². The van der Waals surface area contributed by atoms with Gasteiger partial charge in [-0.05, 0) is 53.6 Å². The minimum Gasteiger partial charge on any atom is -0.494 e. The number of rotatable bonds is 11. The number of aliphatic imine (C=N–C) groups is 1. The van der Waals surface area contributed by atoms with Gasteiger partial charge in [0, 0.05) is 47.7 Å². The minimum absolute atomic E-state index is 0.0112. The summed E-state index contributed by atoms with van der Waals surface area (Å²) in [5, 5.41) is 15.3. The predicted octanol–water partition coefficient (Wildman–Crippen LogP) is 4.74. The van der Waals surface area contributed by atoms with Gasteiger partial charge in [-0.1, -0.05) is 29.4 Å². The molecule has 196 valence electrons. The number of hydrogen-bond donors (Lipinski definition) is 2. The zero-order chi connectivity index (χ0) is 27.0. The van der Waals surface area contributed by atoms with Crippen LogP contribution in [-0.2, 0) is 22.5 Å². The zero-order valence-electron chi connectivity index (χ0n) is 20.3. The van der Waals surface area contributed by atoms with Crippen LogP contribution < -0.4 is 10.1 Å². The lowest BCUT2D eigenvalue weighted by atomic mass is 9.90. The van der Waals surface area contributed by atoms with Crippen LogP contribution in [0.5, 0.6) is 5.75 Å². The number of amides is 1. The monoisotopic (exact) mass is 521 g/mol. The summed E-state index contributed by atoms with van der Waals surface area (Å²) in [4.78, 5) is 21.0. The van der Waals surface area contributed by atoms with Gasteiger partial charge >= 0.3 is 0 Å². The molecule has 2 N–H and O–H groups in total. The van der Waals surface area contributed by atoms with Crippen molar-refractivity contribution in [2.24, 2.45) is 10.1 Å². The first-order valence-electron chi connectivity index (χ1n) is 11.9. The number of carbonyl (C=O) groups is 1. The quantitative estimate of drug-likeness (QED) is 0.163. The van der Waals surface area contributed by atoms with Crippen molar-refractivity contribution >= 4 is 17.5 Å². The van der Waals surface area contributed by atoms with E-state index in [1.807, 2.05) is 0 Å². The number of carbonyl (C=O) groups excluding carboxylic acids is 1. The Kier molecular flexibility index (Phi) is 8.52. The smallest absolute Gasteiger partial charge is 0.252 e. The van der Waals surface area contributed by atoms with Crippen LogP contribution in [0.3, 0.4) is 0 Å². The van der Waals surface area contributed by atoms with Gasteiger partial charge in [-0.3, -0.25) is 4.79 Å². The molecule has 0 unspecified atom stereocenters. The van der Waals surface area contributed by atoms with E-state index in [2.05, 4.69) is 20.3 Å². The van der Waals surface area contributed by atoms with E-state index in [4.69, 9.17) is 20.1 Å². The van der Waals surface area contributed by atoms with Crippen molar-refractivity contribution in [3.05, 3.63) is 105 Å². The van der Waals surface area contributed by atoms with Crippen molar-refractivity contribution in [3.63, 3.8) is 0 Å². The number of nitrogens with zero attached hydrogens (tertiary/aromatic N) is 4. The van der Waals surface area contributed by atoms with E-state index in [0.717, 1.165) is 18.2 Å². The molecule has 0 aliphatic carbocycles. The van der Waals surface area contributed by atoms with Crippen LogP contribution in [0.1, 0.15) is 23.1 Å². The highest BCUT2D eigenvalue weighted by Gasteiger charge is 2.44. The zero-order valence-corrected chi connectivity index (χ0v) is 20.3. The normalized spacial score (nSPS) is 16.2. The third-order valence-corrected chi connectivity index (χ3v) is 5.93. The second kappa shape index (κ2) is 12.2. The van der Waals surface area contributed by atoms with Crippen molar-refractivity contribution < 1.29 is 28.2 Å². The fraction of sp³-hybridized carbons (Fsp3) is 0.259. The molecule has 0 saturated heterocycles. The molecular formula is C27H25F2N5O4. The second-order valence-electron chi connectivity index (χ2n) is 8.60. The summed E-state index contributed by atoms with van der Waals surface area (Å²) < 4.78 is 39.2. The fourth-order valence-corrected chi connectivity index (χ4v) is 3.97. The van der Waals surface area contributed by atoms with Crippen LogP contribution in [0.25, 0.3) is 10.4 Å². The van der Waals surface area contributed by atoms with Crippen LogP contribution in [0.15, 0.2) is 76.8 Å². The first-order chi connectivity index (χ1) is 18.4. The molecule has 4 rings (SSSR count). The summed E-state index contributed by atoms with van der Waals surface area (Å²) in [6.07, 6.45) is 0.539. The van der Waals surface area contributed by atoms with Crippen LogP contribution >= 0.6 is 0 Å². The summed E-state index contributed by atoms with van der Waals surface area (Å²) in [5.41, 5.74) is 9.00. The van der Waals surface area contributed by atoms with E-state index in [1.165, 1.54) is 0 Å². The summed E-state index contributed by atoms with van der Waals surface area (Å²) in [7, 11) is 0. The number of ether oxygens (including phenoxy) is 2. The van der Waals surface area contributed by atoms with Gasteiger partial charge < -0.3 is 19.9 Å². The van der Waals surface area contributed by atoms with Crippen molar-refractivity contribution in [2.45, 2.75) is 24.9 Å². The van der Waals surface area contributed by atoms with E-state index < -0.39 is 23.1 Å². The van der Waals surface area contributed by atoms with Crippen molar-refractivity contribution in [3.8, 4) is 5.75 Å². The Balaban J connectivity index is 1.62. The Hall–Kier alpha value is -4.47. The van der Waals surface area contributed by atoms with Gasteiger partial charge in [0.05, 0.1) is 6.61 Å². The first kappa shape index (κ1) is 26.6. The van der Waals surface area contributed by atoms with E-state index in [1.54, 1.807) is 48.5 Å². The lowest BCUT2D eigenvalue weighted by Crippen LogP contribution is -2.48. The molecule has 9 nitrogen and oxygen atoms in total. The Bertz CT molecular complexity index is 1380. The summed E-state index contributed by atoms with van der Waals surface area (Å²) >= 11 is 0. The van der Waals surface area contributed by atoms with Crippen LogP contribution in [0.2, 0.25) is 0 Å². The van der Waals surface area contributed by atoms with Gasteiger partial charge in [0.2, 0.25) is 5.90 Å². The van der Waals surface area contributed by atoms with E-state index >= 15 is 0 Å². The molecule has 1 aliphatic rings. The standard InChI is InChI=1S/C27H25F2N5O4/c28-21-8-11-23(29)20(14-21)16-31-26(36)27(15-19-4-1-2-5-24(19)33-34-30)17-38-25(32-27)18-6-9-22(10-7-18)37-13-3-12-35/h1-2,4-11,14,35H,3,12-13,15-17H2,(H,31,36)/t27-/m1/s1. The predicted molar refractivity (Wildman–Crippen MR) is 136 cm³/mol. The van der Waals surface area contributed by atoms with Crippen LogP contribution in [0, 0.1) is 11.6 Å². The molecule has 11 heteroatoms. The van der Waals surface area contributed by atoms with Gasteiger partial charge in [0.25, 0.3) is 5.91 Å². The van der Waals surface area contributed by atoms with Gasteiger partial charge in [0.15, 0.2) is 5.54 Å². The molecule has 0 saturated carbocycles. The van der Waals surface area contributed by atoms with Gasteiger partial charge in [-0.2, -0.15) is 0 Å². The first-order valence-corrected chi connectivity index (χ1v) is 11.9. The van der Waals surface area contributed by atoms with Crippen LogP contribution in [-0.4, -0.2) is 42.3 Å². The maximum absolute atomic E-state index is 14.2. The molecule has 0 spiro atoms. The van der Waals surface area contributed by atoms with E-state index in [-0.39, 0.29) is 37.6 Å². The summed E-state index contributed by atoms with van der Waals surface area (Å²) in [6.45, 7) is 0.0145. The Labute approximate surface area is 217 Å². The SMILES string of the molecule is [N-]=[N+]=Nc1ccccc1C[C@]1(C(=O)NCc2cc(F)ccc2F)COC(c2ccc(OCCCO)cc2)=N1. The van der Waals surface area contributed by atoms with Crippen molar-refractivity contribution in [1.82, 2.24) is 5.32 Å². The molecule has 1 amide bonds. The van der Waals surface area contributed by atoms with Crippen LogP contribution in [0.4, 0.5) is 14.5 Å². The molecule has 0 aromatic heterocycles. The molecule has 0 bridgehead atoms. The molecule has 1 aliphatic heterocycles. The molecule has 3 aromatic rings. The van der Waals surface area contributed by atoms with E-state index in [9.17, 15) is 13.6 Å². The minimum atomic E-state index is -1.46. The molecule has 1 heterocycles. The largest absolute Gasteiger partial charge is 0.494 e. The number of benzene rings is 3. The molecule has 1 atom stereocenters. The summed E-state index contributed by atoms with van der Waals surface area (Å²) in [6, 6.07) is 16.7. The fourth-order valence-electron chi connectivity index (χ4n) is 3.97. The maximum atomic E-state index is 14.2. The summed E-state index contributed by atoms with van der Waals surface area (Å²) in [5.74, 6) is -1.01. The Morgan fingerprint density at radius 1 is 1.16 bits per heavy atom. The highest BCUT2D eigenvalue weighted by molar-refractivity contribution is 6.00. The van der Waals surface area contributed by atoms with Gasteiger partial charge in [-0.15, -0.1) is 0 Å². The molecule has 0 fully saturated rings. The highest BCUT2D eigenvalue weighted by Crippen LogP contribution is 2.31. The molecule has 3 aromatic carbocycles. The Morgan fingerprint density at radius 2 is 1.95 bits per heavy atom. The molecular weight excluding hydrogens is 496 g/mol. The lowest BCUT2D eigenvalue weighted by Gasteiger charge is -2.24. The highest BCUT2D eigenvalue weighted by atomic mass is 19.1. The number of azide groups is 1. The number of aliphatic hydroxyl groups excluding tert-OH is 1. The van der Waals surface area contributed by atoms with Crippen molar-refractivity contribution in [2.75, 3.05) is 19.8 Å². The van der Waals surface area contributed by atoms with E-state index in [0.29, 0.717) is 35.6 Å². The number of hydrogen-bond acceptors (Lipinski definition) is 6. The number of aliphatic hydroxyl groups is 1. The maximum Gasteiger partial charge on any atom is 0.252 e. The average molecular weight is 522 g/mol. The number of halogens is 2. The average Bonchev–Trinajstić information content (AvgIpc) is 3.36. The van der Waals surface area contributed by atoms with Crippen molar-refractivity contribution in [1.29, 1.82) is 0 Å². The number of nitrogens with one attached hydrogen (secondary N) is 1. The third kappa shape index (κ3) is 6.26. The third-order valence-electron chi connectivity index (χ3n) is 5.93.